The van der Waals surface area contributed by atoms with Gasteiger partial charge in [0.05, 0.1) is 24.9 Å². The molecule has 10 rings (SSSR count). The zero-order valence-corrected chi connectivity index (χ0v) is 36.2. The van der Waals surface area contributed by atoms with E-state index in [4.69, 9.17) is 4.98 Å². The number of hydrogen-bond acceptors (Lipinski definition) is 2. The number of hydrogen-bond donors (Lipinski definition) is 0. The molecule has 0 unspecified atom stereocenters. The predicted octanol–water partition coefficient (Wildman–Crippen LogP) is 12.7. The summed E-state index contributed by atoms with van der Waals surface area (Å²) in [6.07, 6.45) is 2.04. The average Bonchev–Trinajstić information content (AvgIpc) is 3.73. The van der Waals surface area contributed by atoms with Crippen molar-refractivity contribution in [2.24, 2.45) is 0 Å². The summed E-state index contributed by atoms with van der Waals surface area (Å²) < 4.78 is 2.26. The Kier molecular flexibility index (Phi) is 10.3. The Balaban J connectivity index is 0.000000185. The second-order valence-electron chi connectivity index (χ2n) is 16.1. The van der Waals surface area contributed by atoms with Gasteiger partial charge in [-0.15, -0.1) is 58.5 Å². The second kappa shape index (κ2) is 15.3. The standard InChI is InChI=1S/C34H25N2.C18H18NSi.Ir/c1-34(2)29-13-7-6-12-27(29)28-22-25(18-21-30(28)34)33-35-31-14-8-9-15-32(31)36(33)26-19-16-24(17-20-26)23-10-4-3-5-11-23;1-20(2,3)15-11-12-18(19-13-15)17-10-6-8-14-7-4-5-9-16(14)17;/h3-17,19-22H,1-2H3;4-9,11-13H,1-3H3;/q2*-1;. The van der Waals surface area contributed by atoms with Crippen molar-refractivity contribution < 1.29 is 20.1 Å². The average molecular weight is 930 g/mol. The maximum Gasteiger partial charge on any atom is 0.0795 e. The second-order valence-corrected chi connectivity index (χ2v) is 21.2. The third-order valence-electron chi connectivity index (χ3n) is 11.2. The van der Waals surface area contributed by atoms with E-state index in [1.807, 2.05) is 18.3 Å². The predicted molar refractivity (Wildman–Crippen MR) is 237 cm³/mol. The molecule has 281 valence electrons. The molecule has 0 saturated heterocycles. The van der Waals surface area contributed by atoms with Crippen LogP contribution in [0, 0.1) is 12.1 Å². The number of imidazole rings is 1. The summed E-state index contributed by atoms with van der Waals surface area (Å²) in [5.74, 6) is 0.911. The minimum Gasteiger partial charge on any atom is -0.333 e. The Morgan fingerprint density at radius 2 is 1.33 bits per heavy atom. The van der Waals surface area contributed by atoms with Crippen LogP contribution in [0.4, 0.5) is 0 Å². The number of pyridine rings is 1. The van der Waals surface area contributed by atoms with Gasteiger partial charge in [-0.25, -0.2) is 0 Å². The van der Waals surface area contributed by atoms with E-state index in [1.165, 1.54) is 49.3 Å². The normalized spacial score (nSPS) is 12.6. The van der Waals surface area contributed by atoms with Gasteiger partial charge in [0, 0.05) is 32.0 Å². The molecule has 0 amide bonds. The third-order valence-corrected chi connectivity index (χ3v) is 13.2. The Morgan fingerprint density at radius 1 is 0.632 bits per heavy atom. The van der Waals surface area contributed by atoms with Gasteiger partial charge < -0.3 is 9.55 Å². The molecule has 0 spiro atoms. The minimum absolute atomic E-state index is 0. The molecule has 7 aromatic carbocycles. The summed E-state index contributed by atoms with van der Waals surface area (Å²) in [4.78, 5) is 9.76. The molecule has 1 aliphatic carbocycles. The zero-order chi connectivity index (χ0) is 38.4. The molecule has 2 aromatic heterocycles. The first kappa shape index (κ1) is 38.2. The van der Waals surface area contributed by atoms with Crippen LogP contribution in [0.5, 0.6) is 0 Å². The summed E-state index contributed by atoms with van der Waals surface area (Å²) in [6.45, 7) is 11.6. The molecule has 1 radical (unpaired) electrons. The summed E-state index contributed by atoms with van der Waals surface area (Å²) in [6, 6.07) is 64.5. The van der Waals surface area contributed by atoms with Crippen molar-refractivity contribution in [1.82, 2.24) is 14.5 Å². The number of para-hydroxylation sites is 2. The van der Waals surface area contributed by atoms with Crippen LogP contribution in [0.1, 0.15) is 25.0 Å². The molecule has 0 aliphatic heterocycles. The number of nitrogens with zero attached hydrogens (tertiary/aromatic N) is 3. The Bertz CT molecular complexity index is 2850. The van der Waals surface area contributed by atoms with Gasteiger partial charge in [-0.3, -0.25) is 4.98 Å². The number of benzene rings is 7. The SMILES string of the molecule is CC1(C)c2c[c-]c(-c3nc4ccccc4n3-c3ccc(-c4ccccc4)cc3)cc2-c2ccccc21.C[Si](C)(C)c1ccc(-c2[c-]ccc3ccccc23)nc1.[Ir]. The molecule has 1 aliphatic rings. The number of fused-ring (bicyclic) bond motifs is 5. The van der Waals surface area contributed by atoms with Crippen LogP contribution in [0.2, 0.25) is 19.6 Å². The molecule has 9 aromatic rings. The van der Waals surface area contributed by atoms with E-state index in [0.29, 0.717) is 0 Å². The van der Waals surface area contributed by atoms with Gasteiger partial charge in [-0.05, 0) is 62.8 Å². The van der Waals surface area contributed by atoms with Crippen LogP contribution in [-0.2, 0) is 25.5 Å². The fourth-order valence-corrected chi connectivity index (χ4v) is 9.07. The van der Waals surface area contributed by atoms with E-state index >= 15 is 0 Å². The maximum atomic E-state index is 5.09. The molecule has 0 fully saturated rings. The fraction of sp³-hybridized carbons (Fsp3) is 0.115. The molecule has 57 heavy (non-hydrogen) atoms. The van der Waals surface area contributed by atoms with Gasteiger partial charge >= 0.3 is 0 Å². The van der Waals surface area contributed by atoms with Gasteiger partial charge in [0.15, 0.2) is 0 Å². The van der Waals surface area contributed by atoms with E-state index in [0.717, 1.165) is 39.4 Å². The summed E-state index contributed by atoms with van der Waals surface area (Å²) >= 11 is 0. The molecule has 3 nitrogen and oxygen atoms in total. The van der Waals surface area contributed by atoms with Crippen molar-refractivity contribution in [2.45, 2.75) is 38.9 Å². The maximum absolute atomic E-state index is 5.09. The molecule has 0 N–H and O–H groups in total. The third kappa shape index (κ3) is 7.12. The summed E-state index contributed by atoms with van der Waals surface area (Å²) in [7, 11) is -1.28. The van der Waals surface area contributed by atoms with Gasteiger partial charge in [0.25, 0.3) is 0 Å². The van der Waals surface area contributed by atoms with Crippen molar-refractivity contribution in [2.75, 3.05) is 0 Å². The Hall–Kier alpha value is -5.71. The molecule has 5 heteroatoms. The van der Waals surface area contributed by atoms with Crippen LogP contribution >= 0.6 is 0 Å². The van der Waals surface area contributed by atoms with Crippen molar-refractivity contribution >= 4 is 35.1 Å². The van der Waals surface area contributed by atoms with Crippen molar-refractivity contribution in [1.29, 1.82) is 0 Å². The van der Waals surface area contributed by atoms with Crippen LogP contribution in [-0.4, -0.2) is 22.6 Å². The number of rotatable bonds is 5. The van der Waals surface area contributed by atoms with E-state index in [1.54, 1.807) is 0 Å². The van der Waals surface area contributed by atoms with Crippen molar-refractivity contribution in [3.8, 4) is 50.6 Å². The van der Waals surface area contributed by atoms with E-state index in [9.17, 15) is 0 Å². The van der Waals surface area contributed by atoms with Crippen LogP contribution < -0.4 is 5.19 Å². The van der Waals surface area contributed by atoms with Gasteiger partial charge in [0.1, 0.15) is 0 Å². The minimum atomic E-state index is -1.28. The van der Waals surface area contributed by atoms with Gasteiger partial charge in [-0.1, -0.05) is 160 Å². The van der Waals surface area contributed by atoms with Crippen molar-refractivity contribution in [3.05, 3.63) is 193 Å². The van der Waals surface area contributed by atoms with Crippen LogP contribution in [0.15, 0.2) is 170 Å². The first-order valence-corrected chi connectivity index (χ1v) is 22.8. The van der Waals surface area contributed by atoms with E-state index in [2.05, 4.69) is 207 Å². The topological polar surface area (TPSA) is 30.7 Å². The molecular formula is C52H43IrN3Si-2. The van der Waals surface area contributed by atoms with E-state index < -0.39 is 8.07 Å². The molecule has 0 bridgehead atoms. The molecule has 0 atom stereocenters. The van der Waals surface area contributed by atoms with Crippen molar-refractivity contribution in [3.63, 3.8) is 0 Å². The molecule has 0 saturated carbocycles. The largest absolute Gasteiger partial charge is 0.333 e. The summed E-state index contributed by atoms with van der Waals surface area (Å²) in [5, 5.41) is 3.84. The first-order valence-electron chi connectivity index (χ1n) is 19.3. The smallest absolute Gasteiger partial charge is 0.0795 e. The van der Waals surface area contributed by atoms with E-state index in [-0.39, 0.29) is 25.5 Å². The quantitative estimate of drug-likeness (QED) is 0.127. The van der Waals surface area contributed by atoms with Gasteiger partial charge in [-0.2, -0.15) is 0 Å². The fourth-order valence-electron chi connectivity index (χ4n) is 8.03. The van der Waals surface area contributed by atoms with Gasteiger partial charge in [0.2, 0.25) is 0 Å². The Labute approximate surface area is 350 Å². The Morgan fingerprint density at radius 3 is 2.11 bits per heavy atom. The molecule has 2 heterocycles. The molecular weight excluding hydrogens is 887 g/mol. The first-order chi connectivity index (χ1) is 27.2. The summed E-state index contributed by atoms with van der Waals surface area (Å²) in [5.41, 5.74) is 13.9. The van der Waals surface area contributed by atoms with Crippen LogP contribution in [0.25, 0.3) is 72.4 Å². The zero-order valence-electron chi connectivity index (χ0n) is 32.8. The monoisotopic (exact) mass is 930 g/mol. The number of aromatic nitrogens is 3. The van der Waals surface area contributed by atoms with Crippen LogP contribution in [0.3, 0.4) is 0 Å².